The van der Waals surface area contributed by atoms with E-state index in [0.717, 1.165) is 23.0 Å². The number of aryl methyl sites for hydroxylation is 1. The summed E-state index contributed by atoms with van der Waals surface area (Å²) in [6.45, 7) is 0. The van der Waals surface area contributed by atoms with Gasteiger partial charge in [0.15, 0.2) is 0 Å². The summed E-state index contributed by atoms with van der Waals surface area (Å²) in [5.41, 5.74) is 2.55. The monoisotopic (exact) mass is 189 g/mol. The third-order valence-electron chi connectivity index (χ3n) is 2.32. The van der Waals surface area contributed by atoms with Gasteiger partial charge in [0.2, 0.25) is 0 Å². The van der Waals surface area contributed by atoms with E-state index < -0.39 is 0 Å². The predicted octanol–water partition coefficient (Wildman–Crippen LogP) is 0.809. The van der Waals surface area contributed by atoms with E-state index in [9.17, 15) is 4.79 Å². The first kappa shape index (κ1) is 7.49. The number of carbonyl (C=O) groups is 1. The second-order valence-electron chi connectivity index (χ2n) is 3.25. The number of aromatic amines is 1. The number of benzene rings is 1. The highest BCUT2D eigenvalue weighted by Crippen LogP contribution is 2.28. The lowest BCUT2D eigenvalue weighted by Gasteiger charge is -2.14. The van der Waals surface area contributed by atoms with Crippen LogP contribution in [0.2, 0.25) is 0 Å². The molecule has 0 spiro atoms. The average Bonchev–Trinajstić information content (AvgIpc) is 2.61. The summed E-state index contributed by atoms with van der Waals surface area (Å²) < 4.78 is 5.09. The third kappa shape index (κ3) is 0.985. The maximum absolute atomic E-state index is 11.0. The minimum Gasteiger partial charge on any atom is -0.426 e. The molecule has 0 bridgehead atoms. The van der Waals surface area contributed by atoms with Crippen molar-refractivity contribution in [3.63, 3.8) is 0 Å². The highest BCUT2D eigenvalue weighted by atomic mass is 16.5. The number of aromatic nitrogens is 3. The maximum atomic E-state index is 11.0. The molecule has 2 heterocycles. The summed E-state index contributed by atoms with van der Waals surface area (Å²) >= 11 is 0. The smallest absolute Gasteiger partial charge is 0.311 e. The number of H-pyrrole nitrogens is 1. The van der Waals surface area contributed by atoms with Crippen LogP contribution < -0.4 is 4.74 Å². The van der Waals surface area contributed by atoms with E-state index in [1.165, 1.54) is 0 Å². The molecule has 3 rings (SSSR count). The van der Waals surface area contributed by atoms with Crippen LogP contribution in [0, 0.1) is 0 Å². The third-order valence-corrected chi connectivity index (χ3v) is 2.32. The molecule has 0 saturated heterocycles. The fourth-order valence-corrected chi connectivity index (χ4v) is 1.61. The first-order valence-corrected chi connectivity index (χ1v) is 4.37. The van der Waals surface area contributed by atoms with Crippen LogP contribution in [0.15, 0.2) is 12.1 Å². The molecule has 0 atom stereocenters. The zero-order chi connectivity index (χ0) is 9.54. The van der Waals surface area contributed by atoms with Gasteiger partial charge in [-0.05, 0) is 18.1 Å². The first-order chi connectivity index (χ1) is 6.83. The summed E-state index contributed by atoms with van der Waals surface area (Å²) in [6, 6.07) is 3.64. The average molecular weight is 189 g/mol. The molecule has 1 aliphatic rings. The van der Waals surface area contributed by atoms with Crippen molar-refractivity contribution in [3.8, 4) is 5.75 Å². The van der Waals surface area contributed by atoms with Crippen LogP contribution in [-0.4, -0.2) is 21.4 Å². The minimum absolute atomic E-state index is 0.180. The predicted molar refractivity (Wildman–Crippen MR) is 47.8 cm³/mol. The Kier molecular flexibility index (Phi) is 1.36. The standard InChI is InChI=1S/C9H7N3O2/c13-9-2-1-5-3-6-7(11-12-10-6)4-8(5)14-9/h3-4H,1-2H2,(H,10,11,12). The molecule has 0 amide bonds. The molecular weight excluding hydrogens is 182 g/mol. The molecule has 0 aliphatic carbocycles. The number of rotatable bonds is 0. The van der Waals surface area contributed by atoms with Gasteiger partial charge < -0.3 is 4.74 Å². The highest BCUT2D eigenvalue weighted by Gasteiger charge is 2.18. The fourth-order valence-electron chi connectivity index (χ4n) is 1.61. The number of carbonyl (C=O) groups excluding carboxylic acids is 1. The molecular formula is C9H7N3O2. The van der Waals surface area contributed by atoms with Gasteiger partial charge in [-0.25, -0.2) is 0 Å². The van der Waals surface area contributed by atoms with Gasteiger partial charge in [0.05, 0.1) is 6.42 Å². The Hall–Kier alpha value is -1.91. The Bertz CT molecular complexity index is 518. The molecule has 0 unspecified atom stereocenters. The van der Waals surface area contributed by atoms with Gasteiger partial charge in [0, 0.05) is 6.07 Å². The molecule has 5 heteroatoms. The SMILES string of the molecule is O=C1CCc2cc3n[nH]nc3cc2O1. The van der Waals surface area contributed by atoms with Crippen LogP contribution in [0.25, 0.3) is 11.0 Å². The van der Waals surface area contributed by atoms with Crippen molar-refractivity contribution in [1.29, 1.82) is 0 Å². The number of ether oxygens (including phenoxy) is 1. The molecule has 5 nitrogen and oxygen atoms in total. The van der Waals surface area contributed by atoms with Crippen molar-refractivity contribution >= 4 is 17.0 Å². The van der Waals surface area contributed by atoms with Crippen LogP contribution in [0.1, 0.15) is 12.0 Å². The summed E-state index contributed by atoms with van der Waals surface area (Å²) in [5, 5.41) is 10.4. The highest BCUT2D eigenvalue weighted by molar-refractivity contribution is 5.81. The minimum atomic E-state index is -0.180. The number of hydrogen-bond donors (Lipinski definition) is 1. The summed E-state index contributed by atoms with van der Waals surface area (Å²) in [4.78, 5) is 11.0. The summed E-state index contributed by atoms with van der Waals surface area (Å²) in [6.07, 6.45) is 1.16. The van der Waals surface area contributed by atoms with Gasteiger partial charge in [0.1, 0.15) is 16.8 Å². The Morgan fingerprint density at radius 1 is 1.21 bits per heavy atom. The lowest BCUT2D eigenvalue weighted by atomic mass is 10.1. The van der Waals surface area contributed by atoms with Crippen molar-refractivity contribution in [3.05, 3.63) is 17.7 Å². The molecule has 0 radical (unpaired) electrons. The summed E-state index contributed by atoms with van der Waals surface area (Å²) in [5.74, 6) is 0.433. The molecule has 1 N–H and O–H groups in total. The van der Waals surface area contributed by atoms with Crippen LogP contribution in [0.5, 0.6) is 5.75 Å². The normalized spacial score (nSPS) is 15.3. The lowest BCUT2D eigenvalue weighted by molar-refractivity contribution is -0.135. The van der Waals surface area contributed by atoms with Crippen molar-refractivity contribution in [2.75, 3.05) is 0 Å². The number of nitrogens with one attached hydrogen (secondary N) is 1. The molecule has 0 saturated carbocycles. The first-order valence-electron chi connectivity index (χ1n) is 4.37. The van der Waals surface area contributed by atoms with Crippen molar-refractivity contribution in [1.82, 2.24) is 15.4 Å². The van der Waals surface area contributed by atoms with Gasteiger partial charge in [-0.3, -0.25) is 4.79 Å². The van der Waals surface area contributed by atoms with Crippen LogP contribution in [0.4, 0.5) is 0 Å². The zero-order valence-corrected chi connectivity index (χ0v) is 7.28. The van der Waals surface area contributed by atoms with Gasteiger partial charge in [-0.2, -0.15) is 15.4 Å². The Morgan fingerprint density at radius 2 is 2.00 bits per heavy atom. The van der Waals surface area contributed by atoms with E-state index in [-0.39, 0.29) is 5.97 Å². The Balaban J connectivity index is 2.24. The van der Waals surface area contributed by atoms with Crippen LogP contribution in [-0.2, 0) is 11.2 Å². The van der Waals surface area contributed by atoms with Crippen LogP contribution in [0.3, 0.4) is 0 Å². The molecule has 14 heavy (non-hydrogen) atoms. The van der Waals surface area contributed by atoms with Gasteiger partial charge in [0.25, 0.3) is 0 Å². The molecule has 0 fully saturated rings. The van der Waals surface area contributed by atoms with Crippen molar-refractivity contribution in [2.45, 2.75) is 12.8 Å². The second kappa shape index (κ2) is 2.54. The molecule has 1 aliphatic heterocycles. The number of hydrogen-bond acceptors (Lipinski definition) is 4. The van der Waals surface area contributed by atoms with Crippen molar-refractivity contribution < 1.29 is 9.53 Å². The number of esters is 1. The Labute approximate surface area is 79.1 Å². The van der Waals surface area contributed by atoms with E-state index >= 15 is 0 Å². The van der Waals surface area contributed by atoms with E-state index in [1.807, 2.05) is 6.07 Å². The van der Waals surface area contributed by atoms with Gasteiger partial charge >= 0.3 is 5.97 Å². The molecule has 2 aromatic rings. The molecule has 1 aromatic heterocycles. The maximum Gasteiger partial charge on any atom is 0.311 e. The topological polar surface area (TPSA) is 67.9 Å². The largest absolute Gasteiger partial charge is 0.426 e. The van der Waals surface area contributed by atoms with Crippen molar-refractivity contribution in [2.24, 2.45) is 0 Å². The zero-order valence-electron chi connectivity index (χ0n) is 7.28. The van der Waals surface area contributed by atoms with E-state index in [2.05, 4.69) is 15.4 Å². The lowest BCUT2D eigenvalue weighted by Crippen LogP contribution is -2.15. The number of nitrogens with zero attached hydrogens (tertiary/aromatic N) is 2. The van der Waals surface area contributed by atoms with E-state index in [1.54, 1.807) is 6.07 Å². The molecule has 1 aromatic carbocycles. The van der Waals surface area contributed by atoms with E-state index in [0.29, 0.717) is 12.2 Å². The number of fused-ring (bicyclic) bond motifs is 2. The van der Waals surface area contributed by atoms with Gasteiger partial charge in [-0.15, -0.1) is 0 Å². The van der Waals surface area contributed by atoms with Crippen LogP contribution >= 0.6 is 0 Å². The van der Waals surface area contributed by atoms with E-state index in [4.69, 9.17) is 4.74 Å². The molecule has 70 valence electrons. The quantitative estimate of drug-likeness (QED) is 0.492. The fraction of sp³-hybridized carbons (Fsp3) is 0.222. The second-order valence-corrected chi connectivity index (χ2v) is 3.25. The Morgan fingerprint density at radius 3 is 2.86 bits per heavy atom. The summed E-state index contributed by atoms with van der Waals surface area (Å²) in [7, 11) is 0. The van der Waals surface area contributed by atoms with Gasteiger partial charge in [-0.1, -0.05) is 0 Å².